The van der Waals surface area contributed by atoms with Gasteiger partial charge in [-0.3, -0.25) is 4.79 Å². The number of sulfonamides is 1. The average molecular weight is 585 g/mol. The molecule has 0 bridgehead atoms. The third-order valence-electron chi connectivity index (χ3n) is 4.01. The minimum absolute atomic E-state index is 0.279. The minimum Gasteiger partial charge on any atom is -0.468 e. The highest BCUT2D eigenvalue weighted by Gasteiger charge is 2.96. The summed E-state index contributed by atoms with van der Waals surface area (Å²) in [5.74, 6) is -53.9. The molecule has 0 amide bonds. The number of carbonyl (C=O) groups is 1. The van der Waals surface area contributed by atoms with E-state index in [0.29, 0.717) is 7.11 Å². The van der Waals surface area contributed by atoms with E-state index in [4.69, 9.17) is 0 Å². The maximum atomic E-state index is 13.8. The van der Waals surface area contributed by atoms with Gasteiger partial charge in [0.1, 0.15) is 6.54 Å². The Morgan fingerprint density at radius 1 is 0.629 bits per heavy atom. The first-order chi connectivity index (χ1) is 14.9. The summed E-state index contributed by atoms with van der Waals surface area (Å²) in [7, 11) is -7.36. The zero-order valence-electron chi connectivity index (χ0n) is 16.1. The Bertz CT molecular complexity index is 911. The summed E-state index contributed by atoms with van der Waals surface area (Å²) in [5.41, 5.74) is 0. The number of rotatable bonds is 10. The van der Waals surface area contributed by atoms with Gasteiger partial charge in [0.25, 0.3) is 10.0 Å². The number of hydrogen-bond donors (Lipinski definition) is 0. The smallest absolute Gasteiger partial charge is 0.460 e. The summed E-state index contributed by atoms with van der Waals surface area (Å²) >= 11 is 0. The number of likely N-dealkylation sites (N-methyl/N-ethyl adjacent to an activating group) is 1. The van der Waals surface area contributed by atoms with Crippen molar-refractivity contribution in [3.05, 3.63) is 0 Å². The predicted octanol–water partition coefficient (Wildman–Crippen LogP) is 4.39. The van der Waals surface area contributed by atoms with E-state index < -0.39 is 73.8 Å². The van der Waals surface area contributed by atoms with E-state index in [9.17, 15) is 87.8 Å². The Balaban J connectivity index is 6.94. The lowest BCUT2D eigenvalue weighted by Gasteiger charge is -2.42. The third kappa shape index (κ3) is 4.34. The van der Waals surface area contributed by atoms with E-state index in [2.05, 4.69) is 4.74 Å². The molecule has 0 radical (unpaired) electrons. The molecule has 0 atom stereocenters. The van der Waals surface area contributed by atoms with Crippen molar-refractivity contribution in [3.8, 4) is 0 Å². The van der Waals surface area contributed by atoms with Gasteiger partial charge in [0.05, 0.1) is 7.11 Å². The summed E-state index contributed by atoms with van der Waals surface area (Å²) in [6.45, 7) is -2.04. The molecule has 0 saturated heterocycles. The summed E-state index contributed by atoms with van der Waals surface area (Å²) in [6, 6.07) is 0. The normalized spacial score (nSPS) is 16.0. The first-order valence-electron chi connectivity index (χ1n) is 7.62. The van der Waals surface area contributed by atoms with Gasteiger partial charge in [-0.05, 0) is 0 Å². The van der Waals surface area contributed by atoms with Crippen LogP contribution in [0, 0.1) is 0 Å². The Morgan fingerprint density at radius 2 is 0.914 bits per heavy atom. The Hall–Kier alpha value is -1.81. The molecular weight excluding hydrogens is 577 g/mol. The molecular formula is C12H8F17NO4S. The molecule has 0 spiro atoms. The molecule has 0 N–H and O–H groups in total. The molecule has 0 heterocycles. The van der Waals surface area contributed by atoms with Gasteiger partial charge < -0.3 is 4.74 Å². The van der Waals surface area contributed by atoms with Crippen molar-refractivity contribution in [3.63, 3.8) is 0 Å². The minimum atomic E-state index is -8.92. The van der Waals surface area contributed by atoms with Crippen molar-refractivity contribution in [1.82, 2.24) is 4.31 Å². The van der Waals surface area contributed by atoms with Gasteiger partial charge in [-0.1, -0.05) is 0 Å². The van der Waals surface area contributed by atoms with E-state index in [1.165, 1.54) is 0 Å². The largest absolute Gasteiger partial charge is 0.468 e. The Morgan fingerprint density at radius 3 is 1.20 bits per heavy atom. The number of esters is 1. The summed E-state index contributed by atoms with van der Waals surface area (Å²) in [4.78, 5) is 10.8. The van der Waals surface area contributed by atoms with Crippen molar-refractivity contribution in [2.45, 2.75) is 47.0 Å². The lowest BCUT2D eigenvalue weighted by atomic mass is 9.91. The highest BCUT2D eigenvalue weighted by molar-refractivity contribution is 7.90. The van der Waals surface area contributed by atoms with Gasteiger partial charge >= 0.3 is 52.9 Å². The second kappa shape index (κ2) is 8.64. The van der Waals surface area contributed by atoms with E-state index >= 15 is 0 Å². The molecule has 210 valence electrons. The molecule has 0 aliphatic carbocycles. The van der Waals surface area contributed by atoms with Crippen LogP contribution in [0.15, 0.2) is 0 Å². The zero-order chi connectivity index (χ0) is 29.1. The second-order valence-corrected chi connectivity index (χ2v) is 8.38. The first-order valence-corrected chi connectivity index (χ1v) is 9.06. The fourth-order valence-corrected chi connectivity index (χ4v) is 2.96. The summed E-state index contributed by atoms with van der Waals surface area (Å²) in [6.07, 6.45) is -7.91. The lowest BCUT2D eigenvalue weighted by molar-refractivity contribution is -0.458. The van der Waals surface area contributed by atoms with Crippen molar-refractivity contribution >= 4 is 16.0 Å². The average Bonchev–Trinajstić information content (AvgIpc) is 2.65. The fraction of sp³-hybridized carbons (Fsp3) is 0.917. The third-order valence-corrected chi connectivity index (χ3v) is 5.86. The van der Waals surface area contributed by atoms with Crippen molar-refractivity contribution in [2.24, 2.45) is 0 Å². The molecule has 0 aromatic carbocycles. The van der Waals surface area contributed by atoms with Crippen LogP contribution in [-0.2, 0) is 19.6 Å². The van der Waals surface area contributed by atoms with Crippen LogP contribution in [0.5, 0.6) is 0 Å². The number of methoxy groups -OCH3 is 1. The van der Waals surface area contributed by atoms with Gasteiger partial charge in [-0.2, -0.15) is 78.9 Å². The van der Waals surface area contributed by atoms with E-state index in [-0.39, 0.29) is 7.05 Å². The van der Waals surface area contributed by atoms with Crippen LogP contribution in [-0.4, -0.2) is 86.4 Å². The maximum Gasteiger partial charge on any atom is 0.460 e. The van der Waals surface area contributed by atoms with Crippen molar-refractivity contribution in [1.29, 1.82) is 0 Å². The summed E-state index contributed by atoms with van der Waals surface area (Å²) < 4.78 is 249. The van der Waals surface area contributed by atoms with Crippen molar-refractivity contribution < 1.29 is 92.6 Å². The number of ether oxygens (including phenoxy) is 1. The molecule has 0 unspecified atom stereocenters. The van der Waals surface area contributed by atoms with Crippen LogP contribution in [0.1, 0.15) is 0 Å². The monoisotopic (exact) mass is 585 g/mol. The predicted molar refractivity (Wildman–Crippen MR) is 74.2 cm³/mol. The quantitative estimate of drug-likeness (QED) is 0.282. The number of alkyl halides is 17. The van der Waals surface area contributed by atoms with Crippen LogP contribution in [0.3, 0.4) is 0 Å². The van der Waals surface area contributed by atoms with Crippen molar-refractivity contribution in [2.75, 3.05) is 20.7 Å². The van der Waals surface area contributed by atoms with E-state index in [1.54, 1.807) is 0 Å². The molecule has 35 heavy (non-hydrogen) atoms. The Kier molecular flexibility index (Phi) is 8.20. The summed E-state index contributed by atoms with van der Waals surface area (Å²) in [5, 5.41) is -7.71. The standard InChI is InChI=1S/C12H8F17NO4S/c1-30(3-4(31)34-2)35(32,33)12(28,29)10(23,24)8(19,20)6(15,16)5(13,14)7(17,18)9(21,22)11(25,26)27/h3H2,1-2H3. The SMILES string of the molecule is COC(=O)CN(C)S(=O)(=O)C(F)(F)C(F)(F)C(F)(F)C(F)(F)C(F)(F)C(F)(F)C(F)(F)C(F)(F)F. The maximum absolute atomic E-state index is 13.8. The molecule has 0 saturated carbocycles. The van der Waals surface area contributed by atoms with Gasteiger partial charge in [-0.15, -0.1) is 0 Å². The molecule has 0 fully saturated rings. The number of carbonyl (C=O) groups excluding carboxylic acids is 1. The number of halogens is 17. The van der Waals surface area contributed by atoms with Crippen LogP contribution in [0.4, 0.5) is 74.6 Å². The van der Waals surface area contributed by atoms with Gasteiger partial charge in [-0.25, -0.2) is 8.42 Å². The van der Waals surface area contributed by atoms with Gasteiger partial charge in [0.15, 0.2) is 0 Å². The molecule has 23 heteroatoms. The number of nitrogens with zero attached hydrogens (tertiary/aromatic N) is 1. The van der Waals surface area contributed by atoms with Gasteiger partial charge in [0, 0.05) is 7.05 Å². The van der Waals surface area contributed by atoms with E-state index in [1.807, 2.05) is 0 Å². The van der Waals surface area contributed by atoms with Crippen LogP contribution in [0.25, 0.3) is 0 Å². The molecule has 0 aromatic rings. The highest BCUT2D eigenvalue weighted by atomic mass is 32.2. The molecule has 0 aliphatic rings. The second-order valence-electron chi connectivity index (χ2n) is 6.30. The first kappa shape index (κ1) is 33.2. The molecule has 0 aromatic heterocycles. The van der Waals surface area contributed by atoms with E-state index in [0.717, 1.165) is 0 Å². The topological polar surface area (TPSA) is 63.7 Å². The number of hydrogen-bond acceptors (Lipinski definition) is 4. The molecule has 5 nitrogen and oxygen atoms in total. The highest BCUT2D eigenvalue weighted by Crippen LogP contribution is 2.64. The molecule has 0 rings (SSSR count). The lowest BCUT2D eigenvalue weighted by Crippen LogP contribution is -2.75. The Labute approximate surface area is 181 Å². The molecule has 0 aliphatic heterocycles. The zero-order valence-corrected chi connectivity index (χ0v) is 16.9. The van der Waals surface area contributed by atoms with Gasteiger partial charge in [0.2, 0.25) is 0 Å². The van der Waals surface area contributed by atoms with Crippen LogP contribution >= 0.6 is 0 Å². The fourth-order valence-electron chi connectivity index (χ4n) is 1.84. The van der Waals surface area contributed by atoms with Crippen LogP contribution < -0.4 is 0 Å². The van der Waals surface area contributed by atoms with Crippen LogP contribution in [0.2, 0.25) is 0 Å².